The minimum absolute atomic E-state index is 0.513. The summed E-state index contributed by atoms with van der Waals surface area (Å²) in [5.41, 5.74) is 0.649. The van der Waals surface area contributed by atoms with Crippen molar-refractivity contribution in [2.24, 2.45) is 0 Å². The van der Waals surface area contributed by atoms with E-state index in [-0.39, 0.29) is 0 Å². The zero-order valence-electron chi connectivity index (χ0n) is 12.1. The third-order valence-corrected chi connectivity index (χ3v) is 4.05. The van der Waals surface area contributed by atoms with E-state index in [0.717, 1.165) is 6.41 Å². The fourth-order valence-corrected chi connectivity index (χ4v) is 2.58. The predicted octanol–water partition coefficient (Wildman–Crippen LogP) is 2.20. The van der Waals surface area contributed by atoms with Gasteiger partial charge in [0.05, 0.1) is 16.9 Å². The molecule has 9 heteroatoms. The number of benzene rings is 1. The van der Waals surface area contributed by atoms with Crippen LogP contribution in [0.1, 0.15) is 0 Å². The molecule has 0 spiro atoms. The highest BCUT2D eigenvalue weighted by Crippen LogP contribution is 2.27. The number of anilines is 3. The number of hydrogen-bond donors (Lipinski definition) is 1. The Morgan fingerprint density at radius 3 is 2.70 bits per heavy atom. The van der Waals surface area contributed by atoms with Gasteiger partial charge in [-0.2, -0.15) is 10.1 Å². The van der Waals surface area contributed by atoms with Gasteiger partial charge in [0.2, 0.25) is 12.4 Å². The van der Waals surface area contributed by atoms with Crippen molar-refractivity contribution in [1.29, 1.82) is 0 Å². The molecule has 1 aromatic carbocycles. The van der Waals surface area contributed by atoms with E-state index < -0.39 is 0 Å². The lowest BCUT2D eigenvalue weighted by Gasteiger charge is -2.32. The fraction of sp³-hybridized carbons (Fsp3) is 0.286. The maximum Gasteiger partial charge on any atom is 0.247 e. The van der Waals surface area contributed by atoms with Gasteiger partial charge in [0.1, 0.15) is 0 Å². The molecule has 23 heavy (non-hydrogen) atoms. The number of rotatable bonds is 4. The zero-order valence-corrected chi connectivity index (χ0v) is 13.6. The molecule has 0 bridgehead atoms. The highest BCUT2D eigenvalue weighted by Gasteiger charge is 2.18. The van der Waals surface area contributed by atoms with E-state index in [1.54, 1.807) is 23.1 Å². The van der Waals surface area contributed by atoms with Gasteiger partial charge in [0, 0.05) is 31.2 Å². The predicted molar refractivity (Wildman–Crippen MR) is 89.4 cm³/mol. The van der Waals surface area contributed by atoms with Crippen molar-refractivity contribution < 1.29 is 4.79 Å². The van der Waals surface area contributed by atoms with Crippen molar-refractivity contribution in [3.8, 4) is 0 Å². The molecule has 0 aliphatic carbocycles. The van der Waals surface area contributed by atoms with Crippen molar-refractivity contribution >= 4 is 47.1 Å². The molecule has 2 aromatic rings. The standard InChI is InChI=1S/C14H14Cl2N6O/c15-10-1-2-11(16)12(7-10)18-13-8-17-20-14(19-13)22-5-3-21(9-23)4-6-22/h1-2,7-9H,3-6H2,(H,18,19,20). The smallest absolute Gasteiger partial charge is 0.247 e. The van der Waals surface area contributed by atoms with Gasteiger partial charge in [-0.15, -0.1) is 5.10 Å². The Hall–Kier alpha value is -2.12. The molecule has 0 atom stereocenters. The minimum Gasteiger partial charge on any atom is -0.342 e. The lowest BCUT2D eigenvalue weighted by Crippen LogP contribution is -2.46. The maximum atomic E-state index is 10.8. The zero-order chi connectivity index (χ0) is 16.2. The first-order valence-corrected chi connectivity index (χ1v) is 7.77. The number of nitrogens with zero attached hydrogens (tertiary/aromatic N) is 5. The molecule has 7 nitrogen and oxygen atoms in total. The van der Waals surface area contributed by atoms with Crippen LogP contribution < -0.4 is 10.2 Å². The SMILES string of the molecule is O=CN1CCN(c2nncc(Nc3cc(Cl)ccc3Cl)n2)CC1. The first kappa shape index (κ1) is 15.8. The van der Waals surface area contributed by atoms with Crippen LogP contribution in [-0.4, -0.2) is 52.7 Å². The number of amides is 1. The van der Waals surface area contributed by atoms with Crippen molar-refractivity contribution in [3.05, 3.63) is 34.4 Å². The average molecular weight is 353 g/mol. The van der Waals surface area contributed by atoms with Gasteiger partial charge in [-0.25, -0.2) is 0 Å². The van der Waals surface area contributed by atoms with Gasteiger partial charge in [-0.3, -0.25) is 4.79 Å². The van der Waals surface area contributed by atoms with Crippen LogP contribution in [0.25, 0.3) is 0 Å². The monoisotopic (exact) mass is 352 g/mol. The van der Waals surface area contributed by atoms with Crippen molar-refractivity contribution in [2.75, 3.05) is 36.4 Å². The Bertz CT molecular complexity index is 705. The van der Waals surface area contributed by atoms with Gasteiger partial charge in [0.15, 0.2) is 5.82 Å². The number of carbonyl (C=O) groups is 1. The maximum absolute atomic E-state index is 10.8. The summed E-state index contributed by atoms with van der Waals surface area (Å²) < 4.78 is 0. The molecule has 3 rings (SSSR count). The van der Waals surface area contributed by atoms with Crippen molar-refractivity contribution in [3.63, 3.8) is 0 Å². The summed E-state index contributed by atoms with van der Waals surface area (Å²) in [4.78, 5) is 18.9. The highest BCUT2D eigenvalue weighted by molar-refractivity contribution is 6.35. The second-order valence-electron chi connectivity index (χ2n) is 5.02. The topological polar surface area (TPSA) is 74.2 Å². The second-order valence-corrected chi connectivity index (χ2v) is 5.86. The molecule has 1 aliphatic rings. The molecule has 0 radical (unpaired) electrons. The highest BCUT2D eigenvalue weighted by atomic mass is 35.5. The third kappa shape index (κ3) is 3.80. The van der Waals surface area contributed by atoms with E-state index in [1.165, 1.54) is 6.20 Å². The van der Waals surface area contributed by atoms with Crippen molar-refractivity contribution in [1.82, 2.24) is 20.1 Å². The van der Waals surface area contributed by atoms with Gasteiger partial charge in [0.25, 0.3) is 0 Å². The number of aromatic nitrogens is 3. The molecule has 1 fully saturated rings. The number of carbonyl (C=O) groups excluding carboxylic acids is 1. The Labute approximate surface area is 143 Å². The summed E-state index contributed by atoms with van der Waals surface area (Å²) in [6.07, 6.45) is 2.37. The van der Waals surface area contributed by atoms with Crippen molar-refractivity contribution in [2.45, 2.75) is 0 Å². The first-order valence-electron chi connectivity index (χ1n) is 7.02. The molecule has 0 unspecified atom stereocenters. The summed E-state index contributed by atoms with van der Waals surface area (Å²) in [6, 6.07) is 5.14. The lowest BCUT2D eigenvalue weighted by molar-refractivity contribution is -0.118. The molecule has 120 valence electrons. The summed E-state index contributed by atoms with van der Waals surface area (Å²) in [5, 5.41) is 12.2. The van der Waals surface area contributed by atoms with Crippen LogP contribution >= 0.6 is 23.2 Å². The van der Waals surface area contributed by atoms with Gasteiger partial charge >= 0.3 is 0 Å². The Morgan fingerprint density at radius 1 is 1.17 bits per heavy atom. The Kier molecular flexibility index (Phi) is 4.78. The fourth-order valence-electron chi connectivity index (χ4n) is 2.25. The molecular weight excluding hydrogens is 339 g/mol. The average Bonchev–Trinajstić information content (AvgIpc) is 2.58. The second kappa shape index (κ2) is 6.97. The normalized spacial score (nSPS) is 14.7. The largest absolute Gasteiger partial charge is 0.342 e. The molecule has 1 N–H and O–H groups in total. The number of nitrogens with one attached hydrogen (secondary N) is 1. The van der Waals surface area contributed by atoms with E-state index >= 15 is 0 Å². The van der Waals surface area contributed by atoms with Crippen LogP contribution in [0.5, 0.6) is 0 Å². The van der Waals surface area contributed by atoms with Crippen LogP contribution in [0.4, 0.5) is 17.5 Å². The van der Waals surface area contributed by atoms with Crippen LogP contribution in [-0.2, 0) is 4.79 Å². The quantitative estimate of drug-likeness (QED) is 0.850. The van der Waals surface area contributed by atoms with Crippen LogP contribution in [0, 0.1) is 0 Å². The third-order valence-electron chi connectivity index (χ3n) is 3.48. The van der Waals surface area contributed by atoms with Gasteiger partial charge in [-0.05, 0) is 18.2 Å². The molecule has 1 saturated heterocycles. The molecule has 1 amide bonds. The summed E-state index contributed by atoms with van der Waals surface area (Å²) in [6.45, 7) is 2.62. The van der Waals surface area contributed by atoms with Crippen LogP contribution in [0.3, 0.4) is 0 Å². The van der Waals surface area contributed by atoms with E-state index in [1.807, 2.05) is 4.90 Å². The molecule has 1 aliphatic heterocycles. The molecule has 0 saturated carbocycles. The van der Waals surface area contributed by atoms with Gasteiger partial charge < -0.3 is 15.1 Å². The summed E-state index contributed by atoms with van der Waals surface area (Å²) in [5.74, 6) is 1.04. The lowest BCUT2D eigenvalue weighted by atomic mass is 10.3. The van der Waals surface area contributed by atoms with E-state index in [9.17, 15) is 4.79 Å². The van der Waals surface area contributed by atoms with Crippen LogP contribution in [0.2, 0.25) is 10.0 Å². The van der Waals surface area contributed by atoms with Crippen LogP contribution in [0.15, 0.2) is 24.4 Å². The summed E-state index contributed by atoms with van der Waals surface area (Å²) in [7, 11) is 0. The first-order chi connectivity index (χ1) is 11.2. The van der Waals surface area contributed by atoms with Gasteiger partial charge in [-0.1, -0.05) is 23.2 Å². The molecular formula is C14H14Cl2N6O. The van der Waals surface area contributed by atoms with E-state index in [0.29, 0.717) is 53.7 Å². The molecule has 2 heterocycles. The molecule has 1 aromatic heterocycles. The number of piperazine rings is 1. The number of hydrogen-bond acceptors (Lipinski definition) is 6. The number of halogens is 2. The Balaban J connectivity index is 1.75. The van der Waals surface area contributed by atoms with E-state index in [2.05, 4.69) is 20.5 Å². The summed E-state index contributed by atoms with van der Waals surface area (Å²) >= 11 is 12.1. The Morgan fingerprint density at radius 2 is 1.96 bits per heavy atom. The van der Waals surface area contributed by atoms with E-state index in [4.69, 9.17) is 23.2 Å². The minimum atomic E-state index is 0.513.